The van der Waals surface area contributed by atoms with E-state index in [4.69, 9.17) is 19.2 Å². The SMILES string of the molecule is COc1cc(-c2csc3c(C)cccc23)nc(C(O)CCC(=O)c2cc(OC)c(OC)cc2O)c1. The Labute approximate surface area is 207 Å². The van der Waals surface area contributed by atoms with Gasteiger partial charge in [0.05, 0.1) is 44.4 Å². The summed E-state index contributed by atoms with van der Waals surface area (Å²) in [4.78, 5) is 17.5. The topological polar surface area (TPSA) is 98.1 Å². The molecule has 2 aromatic heterocycles. The highest BCUT2D eigenvalue weighted by atomic mass is 32.1. The van der Waals surface area contributed by atoms with E-state index in [1.807, 2.05) is 12.1 Å². The molecule has 0 radical (unpaired) electrons. The van der Waals surface area contributed by atoms with Crippen molar-refractivity contribution < 1.29 is 29.2 Å². The summed E-state index contributed by atoms with van der Waals surface area (Å²) in [7, 11) is 4.47. The van der Waals surface area contributed by atoms with Gasteiger partial charge in [0.1, 0.15) is 11.5 Å². The number of aromatic nitrogens is 1. The third-order valence-corrected chi connectivity index (χ3v) is 7.05. The molecule has 0 bridgehead atoms. The second-order valence-corrected chi connectivity index (χ2v) is 9.00. The van der Waals surface area contributed by atoms with E-state index in [-0.39, 0.29) is 29.9 Å². The lowest BCUT2D eigenvalue weighted by atomic mass is 10.0. The van der Waals surface area contributed by atoms with Crippen molar-refractivity contribution in [3.8, 4) is 34.3 Å². The highest BCUT2D eigenvalue weighted by Crippen LogP contribution is 2.38. The second kappa shape index (κ2) is 10.3. The van der Waals surface area contributed by atoms with Crippen LogP contribution in [-0.2, 0) is 0 Å². The van der Waals surface area contributed by atoms with E-state index in [9.17, 15) is 15.0 Å². The Morgan fingerprint density at radius 1 is 1.06 bits per heavy atom. The largest absolute Gasteiger partial charge is 0.507 e. The first-order valence-electron chi connectivity index (χ1n) is 11.1. The molecule has 0 spiro atoms. The van der Waals surface area contributed by atoms with E-state index < -0.39 is 6.10 Å². The molecule has 182 valence electrons. The molecule has 1 unspecified atom stereocenters. The number of carbonyl (C=O) groups excluding carboxylic acids is 1. The Morgan fingerprint density at radius 3 is 2.51 bits per heavy atom. The van der Waals surface area contributed by atoms with Crippen molar-refractivity contribution in [1.29, 1.82) is 0 Å². The number of hydrogen-bond donors (Lipinski definition) is 2. The first-order chi connectivity index (χ1) is 16.9. The lowest BCUT2D eigenvalue weighted by Gasteiger charge is -2.14. The number of aliphatic hydroxyl groups is 1. The highest BCUT2D eigenvalue weighted by molar-refractivity contribution is 7.18. The van der Waals surface area contributed by atoms with Crippen LogP contribution in [0.4, 0.5) is 0 Å². The van der Waals surface area contributed by atoms with Gasteiger partial charge in [0.15, 0.2) is 17.3 Å². The van der Waals surface area contributed by atoms with Crippen LogP contribution in [0.2, 0.25) is 0 Å². The third-order valence-electron chi connectivity index (χ3n) is 5.92. The summed E-state index contributed by atoms with van der Waals surface area (Å²) < 4.78 is 17.0. The Balaban J connectivity index is 1.58. The number of nitrogens with zero attached hydrogens (tertiary/aromatic N) is 1. The van der Waals surface area contributed by atoms with Crippen LogP contribution in [0.5, 0.6) is 23.0 Å². The van der Waals surface area contributed by atoms with Gasteiger partial charge >= 0.3 is 0 Å². The average molecular weight is 494 g/mol. The molecule has 2 N–H and O–H groups in total. The number of phenols is 1. The van der Waals surface area contributed by atoms with Crippen molar-refractivity contribution in [1.82, 2.24) is 4.98 Å². The molecule has 0 saturated heterocycles. The predicted octanol–water partition coefficient (Wildman–Crippen LogP) is 5.70. The fourth-order valence-corrected chi connectivity index (χ4v) is 5.04. The van der Waals surface area contributed by atoms with Gasteiger partial charge in [-0.2, -0.15) is 0 Å². The van der Waals surface area contributed by atoms with E-state index in [0.29, 0.717) is 28.6 Å². The number of Topliss-reactive ketones (excluding diaryl/α,β-unsaturated/α-hetero) is 1. The van der Waals surface area contributed by atoms with Crippen LogP contribution in [0, 0.1) is 6.92 Å². The number of pyridine rings is 1. The van der Waals surface area contributed by atoms with Gasteiger partial charge in [0.25, 0.3) is 0 Å². The molecule has 35 heavy (non-hydrogen) atoms. The zero-order valence-corrected chi connectivity index (χ0v) is 20.8. The maximum Gasteiger partial charge on any atom is 0.166 e. The smallest absolute Gasteiger partial charge is 0.166 e. The Bertz CT molecular complexity index is 1380. The summed E-state index contributed by atoms with van der Waals surface area (Å²) in [5.74, 6) is 0.700. The molecule has 0 aliphatic carbocycles. The Kier molecular flexibility index (Phi) is 7.23. The predicted molar refractivity (Wildman–Crippen MR) is 136 cm³/mol. The number of thiophene rings is 1. The number of aryl methyl sites for hydroxylation is 1. The molecule has 2 aromatic carbocycles. The minimum absolute atomic E-state index is 0.000983. The van der Waals surface area contributed by atoms with Gasteiger partial charge in [-0.25, -0.2) is 4.98 Å². The van der Waals surface area contributed by atoms with Crippen molar-refractivity contribution >= 4 is 27.2 Å². The van der Waals surface area contributed by atoms with Crippen molar-refractivity contribution in [3.05, 3.63) is 64.7 Å². The van der Waals surface area contributed by atoms with Gasteiger partial charge in [-0.05, 0) is 25.0 Å². The molecule has 0 saturated carbocycles. The lowest BCUT2D eigenvalue weighted by molar-refractivity contribution is 0.0934. The maximum atomic E-state index is 12.8. The standard InChI is InChI=1S/C27H27NO6S/c1-15-6-5-7-17-19(14-35-27(15)17)20-10-16(32-2)11-21(28-20)23(30)9-8-22(29)18-12-25(33-3)26(34-4)13-24(18)31/h5-7,10-14,23,30-31H,8-9H2,1-4H3. The van der Waals surface area contributed by atoms with Gasteiger partial charge in [-0.1, -0.05) is 18.2 Å². The average Bonchev–Trinajstić information content (AvgIpc) is 3.32. The van der Waals surface area contributed by atoms with Gasteiger partial charge in [-0.15, -0.1) is 11.3 Å². The first-order valence-corrected chi connectivity index (χ1v) is 11.9. The fourth-order valence-electron chi connectivity index (χ4n) is 3.99. The maximum absolute atomic E-state index is 12.8. The number of phenolic OH excluding ortho intramolecular Hbond substituents is 1. The Hall–Kier alpha value is -3.62. The molecule has 8 heteroatoms. The minimum atomic E-state index is -0.998. The summed E-state index contributed by atoms with van der Waals surface area (Å²) in [6, 6.07) is 12.4. The molecule has 7 nitrogen and oxygen atoms in total. The number of fused-ring (bicyclic) bond motifs is 1. The van der Waals surface area contributed by atoms with E-state index >= 15 is 0 Å². The molecule has 0 fully saturated rings. The normalized spacial score (nSPS) is 11.9. The lowest BCUT2D eigenvalue weighted by Crippen LogP contribution is -2.07. The zero-order valence-electron chi connectivity index (χ0n) is 20.0. The number of aromatic hydroxyl groups is 1. The number of ketones is 1. The van der Waals surface area contributed by atoms with Crippen LogP contribution in [0.3, 0.4) is 0 Å². The number of carbonyl (C=O) groups is 1. The molecule has 0 aliphatic heterocycles. The fraction of sp³-hybridized carbons (Fsp3) is 0.259. The molecule has 2 heterocycles. The first kappa shape index (κ1) is 24.5. The third kappa shape index (κ3) is 4.94. The second-order valence-electron chi connectivity index (χ2n) is 8.12. The number of ether oxygens (including phenoxy) is 3. The van der Waals surface area contributed by atoms with E-state index in [2.05, 4.69) is 24.4 Å². The quantitative estimate of drug-likeness (QED) is 0.289. The number of benzene rings is 2. The van der Waals surface area contributed by atoms with E-state index in [0.717, 1.165) is 10.9 Å². The number of aliphatic hydroxyl groups excluding tert-OH is 1. The van der Waals surface area contributed by atoms with Crippen LogP contribution in [-0.4, -0.2) is 42.3 Å². The molecule has 0 aliphatic rings. The van der Waals surface area contributed by atoms with Gasteiger partial charge in [0.2, 0.25) is 0 Å². The highest BCUT2D eigenvalue weighted by Gasteiger charge is 2.20. The zero-order chi connectivity index (χ0) is 25.1. The number of hydrogen-bond acceptors (Lipinski definition) is 8. The molecular formula is C27H27NO6S. The van der Waals surface area contributed by atoms with Crippen LogP contribution >= 0.6 is 11.3 Å². The van der Waals surface area contributed by atoms with E-state index in [1.165, 1.54) is 36.6 Å². The van der Waals surface area contributed by atoms with Crippen molar-refractivity contribution in [2.45, 2.75) is 25.9 Å². The van der Waals surface area contributed by atoms with Crippen molar-refractivity contribution in [2.75, 3.05) is 21.3 Å². The number of rotatable bonds is 9. The molecular weight excluding hydrogens is 466 g/mol. The van der Waals surface area contributed by atoms with Crippen LogP contribution < -0.4 is 14.2 Å². The van der Waals surface area contributed by atoms with Crippen LogP contribution in [0.15, 0.2) is 47.8 Å². The summed E-state index contributed by atoms with van der Waals surface area (Å²) in [5.41, 5.74) is 3.37. The van der Waals surface area contributed by atoms with Crippen LogP contribution in [0.1, 0.15) is 40.6 Å². The van der Waals surface area contributed by atoms with Crippen LogP contribution in [0.25, 0.3) is 21.3 Å². The van der Waals surface area contributed by atoms with Crippen molar-refractivity contribution in [2.24, 2.45) is 0 Å². The van der Waals surface area contributed by atoms with Gasteiger partial charge in [0, 0.05) is 45.6 Å². The summed E-state index contributed by atoms with van der Waals surface area (Å²) in [5, 5.41) is 24.3. The summed E-state index contributed by atoms with van der Waals surface area (Å²) >= 11 is 1.65. The Morgan fingerprint density at radius 2 is 1.80 bits per heavy atom. The number of methoxy groups -OCH3 is 3. The molecule has 0 amide bonds. The van der Waals surface area contributed by atoms with Gasteiger partial charge < -0.3 is 24.4 Å². The van der Waals surface area contributed by atoms with Gasteiger partial charge in [-0.3, -0.25) is 4.79 Å². The molecule has 4 rings (SSSR count). The van der Waals surface area contributed by atoms with Crippen molar-refractivity contribution in [3.63, 3.8) is 0 Å². The monoisotopic (exact) mass is 493 g/mol. The molecule has 4 aromatic rings. The molecule has 1 atom stereocenters. The van der Waals surface area contributed by atoms with E-state index in [1.54, 1.807) is 24.5 Å². The summed E-state index contributed by atoms with van der Waals surface area (Å²) in [6.07, 6.45) is -0.879. The minimum Gasteiger partial charge on any atom is -0.507 e. The summed E-state index contributed by atoms with van der Waals surface area (Å²) in [6.45, 7) is 2.07.